The predicted octanol–water partition coefficient (Wildman–Crippen LogP) is 5.50. The van der Waals surface area contributed by atoms with Gasteiger partial charge < -0.3 is 14.2 Å². The number of hydrogen-bond acceptors (Lipinski definition) is 4. The van der Waals surface area contributed by atoms with Crippen molar-refractivity contribution in [1.29, 1.82) is 0 Å². The fraction of sp³-hybridized carbons (Fsp3) is 0.435. The molecule has 0 radical (unpaired) electrons. The molecule has 146 valence electrons. The molecule has 2 rings (SSSR count). The lowest BCUT2D eigenvalue weighted by molar-refractivity contribution is -0.157. The van der Waals surface area contributed by atoms with Gasteiger partial charge in [-0.25, -0.2) is 4.79 Å². The summed E-state index contributed by atoms with van der Waals surface area (Å²) in [5.41, 5.74) is 1.94. The fourth-order valence-electron chi connectivity index (χ4n) is 2.51. The molecule has 1 atom stereocenters. The third-order valence-electron chi connectivity index (χ3n) is 4.15. The van der Waals surface area contributed by atoms with Gasteiger partial charge in [-0.2, -0.15) is 0 Å². The number of esters is 1. The van der Waals surface area contributed by atoms with Gasteiger partial charge in [-0.1, -0.05) is 44.2 Å². The molecule has 0 amide bonds. The molecule has 0 aromatic heterocycles. The fourth-order valence-corrected chi connectivity index (χ4v) is 2.51. The lowest BCUT2D eigenvalue weighted by Crippen LogP contribution is -2.27. The number of carbonyl (C=O) groups is 1. The molecule has 0 fully saturated rings. The maximum atomic E-state index is 11.7. The first-order valence-electron chi connectivity index (χ1n) is 9.43. The van der Waals surface area contributed by atoms with E-state index in [1.165, 1.54) is 5.56 Å². The van der Waals surface area contributed by atoms with Crippen molar-refractivity contribution >= 4 is 5.97 Å². The molecule has 4 nitrogen and oxygen atoms in total. The van der Waals surface area contributed by atoms with Gasteiger partial charge >= 0.3 is 5.97 Å². The van der Waals surface area contributed by atoms with E-state index >= 15 is 0 Å². The predicted molar refractivity (Wildman–Crippen MR) is 107 cm³/mol. The number of ether oxygens (including phenoxy) is 3. The van der Waals surface area contributed by atoms with E-state index < -0.39 is 11.6 Å². The lowest BCUT2D eigenvalue weighted by Gasteiger charge is -2.19. The van der Waals surface area contributed by atoms with Crippen molar-refractivity contribution in [2.45, 2.75) is 59.2 Å². The third-order valence-corrected chi connectivity index (χ3v) is 4.15. The Labute approximate surface area is 162 Å². The SMILES string of the molecule is CCC(C)c1ccc(COc2cccc(OCC(=O)OC(C)(C)C)c2)cc1. The van der Waals surface area contributed by atoms with E-state index in [4.69, 9.17) is 14.2 Å². The molecular formula is C23H30O4. The van der Waals surface area contributed by atoms with E-state index in [2.05, 4.69) is 38.1 Å². The van der Waals surface area contributed by atoms with Crippen molar-refractivity contribution in [1.82, 2.24) is 0 Å². The minimum Gasteiger partial charge on any atom is -0.489 e. The molecule has 2 aromatic rings. The first kappa shape index (κ1) is 20.8. The Hall–Kier alpha value is -2.49. The van der Waals surface area contributed by atoms with E-state index in [0.29, 0.717) is 24.0 Å². The second-order valence-electron chi connectivity index (χ2n) is 7.69. The zero-order valence-electron chi connectivity index (χ0n) is 17.0. The Morgan fingerprint density at radius 1 is 1.00 bits per heavy atom. The highest BCUT2D eigenvalue weighted by Crippen LogP contribution is 2.22. The normalized spacial score (nSPS) is 12.3. The lowest BCUT2D eigenvalue weighted by atomic mass is 9.98. The van der Waals surface area contributed by atoms with Gasteiger partial charge in [0.2, 0.25) is 0 Å². The number of rotatable bonds is 8. The first-order valence-corrected chi connectivity index (χ1v) is 9.43. The summed E-state index contributed by atoms with van der Waals surface area (Å²) >= 11 is 0. The van der Waals surface area contributed by atoms with Gasteiger partial charge in [0.05, 0.1) is 0 Å². The van der Waals surface area contributed by atoms with Crippen LogP contribution in [-0.4, -0.2) is 18.2 Å². The van der Waals surface area contributed by atoms with E-state index in [1.807, 2.05) is 32.9 Å². The Morgan fingerprint density at radius 3 is 2.22 bits per heavy atom. The minimum absolute atomic E-state index is 0.127. The maximum Gasteiger partial charge on any atom is 0.344 e. The highest BCUT2D eigenvalue weighted by molar-refractivity contribution is 5.71. The Bertz CT molecular complexity index is 729. The molecule has 0 N–H and O–H groups in total. The number of carbonyl (C=O) groups excluding carboxylic acids is 1. The summed E-state index contributed by atoms with van der Waals surface area (Å²) in [5, 5.41) is 0. The van der Waals surface area contributed by atoms with Crippen LogP contribution >= 0.6 is 0 Å². The molecule has 0 aliphatic rings. The highest BCUT2D eigenvalue weighted by Gasteiger charge is 2.16. The van der Waals surface area contributed by atoms with Crippen molar-refractivity contribution < 1.29 is 19.0 Å². The van der Waals surface area contributed by atoms with Crippen molar-refractivity contribution in [2.75, 3.05) is 6.61 Å². The van der Waals surface area contributed by atoms with Crippen LogP contribution in [0, 0.1) is 0 Å². The van der Waals surface area contributed by atoms with Crippen LogP contribution in [0.15, 0.2) is 48.5 Å². The van der Waals surface area contributed by atoms with Crippen molar-refractivity contribution in [3.8, 4) is 11.5 Å². The molecule has 4 heteroatoms. The van der Waals surface area contributed by atoms with Crippen LogP contribution in [0.5, 0.6) is 11.5 Å². The Morgan fingerprint density at radius 2 is 1.63 bits per heavy atom. The standard InChI is InChI=1S/C23H30O4/c1-6-17(2)19-12-10-18(11-13-19)15-25-20-8-7-9-21(14-20)26-16-22(24)27-23(3,4)5/h7-14,17H,6,15-16H2,1-5H3. The van der Waals surface area contributed by atoms with Crippen LogP contribution in [0.2, 0.25) is 0 Å². The minimum atomic E-state index is -0.518. The maximum absolute atomic E-state index is 11.7. The number of hydrogen-bond donors (Lipinski definition) is 0. The van der Waals surface area contributed by atoms with Crippen LogP contribution < -0.4 is 9.47 Å². The van der Waals surface area contributed by atoms with Crippen LogP contribution in [0.1, 0.15) is 58.1 Å². The zero-order valence-corrected chi connectivity index (χ0v) is 17.0. The smallest absolute Gasteiger partial charge is 0.344 e. The van der Waals surface area contributed by atoms with Gasteiger partial charge in [0.25, 0.3) is 0 Å². The van der Waals surface area contributed by atoms with E-state index in [-0.39, 0.29) is 6.61 Å². The second kappa shape index (κ2) is 9.45. The molecule has 27 heavy (non-hydrogen) atoms. The van der Waals surface area contributed by atoms with Crippen LogP contribution in [0.3, 0.4) is 0 Å². The third kappa shape index (κ3) is 7.33. The van der Waals surface area contributed by atoms with Gasteiger partial charge in [0.15, 0.2) is 6.61 Å². The molecule has 0 aliphatic carbocycles. The molecule has 1 unspecified atom stereocenters. The molecule has 0 heterocycles. The molecule has 2 aromatic carbocycles. The molecular weight excluding hydrogens is 340 g/mol. The summed E-state index contributed by atoms with van der Waals surface area (Å²) < 4.78 is 16.6. The summed E-state index contributed by atoms with van der Waals surface area (Å²) in [6.07, 6.45) is 1.13. The summed E-state index contributed by atoms with van der Waals surface area (Å²) in [5.74, 6) is 1.45. The Balaban J connectivity index is 1.87. The summed E-state index contributed by atoms with van der Waals surface area (Å²) in [4.78, 5) is 11.7. The summed E-state index contributed by atoms with van der Waals surface area (Å²) in [7, 11) is 0. The average Bonchev–Trinajstić information content (AvgIpc) is 2.63. The van der Waals surface area contributed by atoms with Crippen LogP contribution in [0.4, 0.5) is 0 Å². The second-order valence-corrected chi connectivity index (χ2v) is 7.69. The Kier molecular flexibility index (Phi) is 7.28. The van der Waals surface area contributed by atoms with Crippen molar-refractivity contribution in [3.63, 3.8) is 0 Å². The average molecular weight is 370 g/mol. The van der Waals surface area contributed by atoms with Gasteiger partial charge in [-0.3, -0.25) is 0 Å². The van der Waals surface area contributed by atoms with Gasteiger partial charge in [0.1, 0.15) is 23.7 Å². The number of benzene rings is 2. The van der Waals surface area contributed by atoms with Gasteiger partial charge in [-0.15, -0.1) is 0 Å². The highest BCUT2D eigenvalue weighted by atomic mass is 16.6. The molecule has 0 bridgehead atoms. The molecule has 0 saturated heterocycles. The van der Waals surface area contributed by atoms with Crippen molar-refractivity contribution in [3.05, 3.63) is 59.7 Å². The quantitative estimate of drug-likeness (QED) is 0.576. The summed E-state index contributed by atoms with van der Waals surface area (Å²) in [6, 6.07) is 15.8. The topological polar surface area (TPSA) is 44.8 Å². The summed E-state index contributed by atoms with van der Waals surface area (Å²) in [6.45, 7) is 10.3. The molecule has 0 aliphatic heterocycles. The largest absolute Gasteiger partial charge is 0.489 e. The van der Waals surface area contributed by atoms with Crippen LogP contribution in [-0.2, 0) is 16.1 Å². The van der Waals surface area contributed by atoms with E-state index in [1.54, 1.807) is 12.1 Å². The monoisotopic (exact) mass is 370 g/mol. The van der Waals surface area contributed by atoms with Gasteiger partial charge in [0, 0.05) is 6.07 Å². The molecule has 0 spiro atoms. The van der Waals surface area contributed by atoms with E-state index in [9.17, 15) is 4.79 Å². The van der Waals surface area contributed by atoms with Crippen molar-refractivity contribution in [2.24, 2.45) is 0 Å². The van der Waals surface area contributed by atoms with E-state index in [0.717, 1.165) is 12.0 Å². The first-order chi connectivity index (χ1) is 12.8. The van der Waals surface area contributed by atoms with Crippen LogP contribution in [0.25, 0.3) is 0 Å². The molecule has 0 saturated carbocycles. The zero-order chi connectivity index (χ0) is 19.9. The van der Waals surface area contributed by atoms with Gasteiger partial charge in [-0.05, 0) is 56.4 Å².